The Morgan fingerprint density at radius 2 is 1.55 bits per heavy atom. The van der Waals surface area contributed by atoms with Crippen molar-refractivity contribution < 1.29 is 27.8 Å². The summed E-state index contributed by atoms with van der Waals surface area (Å²) in [4.78, 5) is 24.3. The fourth-order valence-corrected chi connectivity index (χ4v) is 2.60. The Kier molecular flexibility index (Phi) is 6.23. The molecule has 6 nitrogen and oxygen atoms in total. The molecule has 2 amide bonds. The molecule has 0 aliphatic rings. The normalized spacial score (nSPS) is 11.7. The fraction of sp³-hybridized carbons (Fsp3) is 0.143. The van der Waals surface area contributed by atoms with Gasteiger partial charge in [-0.3, -0.25) is 20.4 Å². The summed E-state index contributed by atoms with van der Waals surface area (Å²) in [5.41, 5.74) is 4.51. The third-order valence-corrected chi connectivity index (χ3v) is 4.02. The Morgan fingerprint density at radius 3 is 2.31 bits per heavy atom. The summed E-state index contributed by atoms with van der Waals surface area (Å²) in [6.45, 7) is -1.46. The van der Waals surface area contributed by atoms with Crippen molar-refractivity contribution in [2.45, 2.75) is 19.6 Å². The quantitative estimate of drug-likeness (QED) is 0.619. The molecule has 150 valence electrons. The van der Waals surface area contributed by atoms with E-state index in [1.165, 1.54) is 25.1 Å². The highest BCUT2D eigenvalue weighted by Gasteiger charge is 2.16. The molecule has 3 aromatic rings. The van der Waals surface area contributed by atoms with Gasteiger partial charge >= 0.3 is 6.61 Å². The molecule has 0 spiro atoms. The van der Waals surface area contributed by atoms with E-state index in [1.54, 1.807) is 6.07 Å². The molecule has 8 heteroatoms. The molecule has 0 bridgehead atoms. The first kappa shape index (κ1) is 20.1. The zero-order chi connectivity index (χ0) is 20.8. The second-order valence-electron chi connectivity index (χ2n) is 6.12. The molecule has 0 aromatic heterocycles. The van der Waals surface area contributed by atoms with Gasteiger partial charge in [-0.25, -0.2) is 0 Å². The van der Waals surface area contributed by atoms with E-state index in [0.717, 1.165) is 16.8 Å². The summed E-state index contributed by atoms with van der Waals surface area (Å²) in [5.74, 6) is -0.913. The highest BCUT2D eigenvalue weighted by molar-refractivity contribution is 5.96. The van der Waals surface area contributed by atoms with E-state index in [1.807, 2.05) is 36.4 Å². The molecule has 0 aliphatic heterocycles. The predicted molar refractivity (Wildman–Crippen MR) is 103 cm³/mol. The van der Waals surface area contributed by atoms with E-state index < -0.39 is 24.5 Å². The SMILES string of the molecule is C[C@@H](Oc1ccc2ccccc2c1)C(=O)NNC(=O)c1cccc(OC(F)F)c1. The van der Waals surface area contributed by atoms with E-state index in [9.17, 15) is 18.4 Å². The van der Waals surface area contributed by atoms with Crippen molar-refractivity contribution in [1.29, 1.82) is 0 Å². The molecule has 0 unspecified atom stereocenters. The van der Waals surface area contributed by atoms with Gasteiger partial charge in [-0.2, -0.15) is 8.78 Å². The van der Waals surface area contributed by atoms with E-state index >= 15 is 0 Å². The Hall–Kier alpha value is -3.68. The van der Waals surface area contributed by atoms with Gasteiger partial charge in [0.2, 0.25) is 0 Å². The lowest BCUT2D eigenvalue weighted by atomic mass is 10.1. The smallest absolute Gasteiger partial charge is 0.387 e. The first-order chi connectivity index (χ1) is 13.9. The van der Waals surface area contributed by atoms with Crippen LogP contribution in [0.5, 0.6) is 11.5 Å². The maximum absolute atomic E-state index is 12.3. The number of halogens is 2. The van der Waals surface area contributed by atoms with Crippen LogP contribution < -0.4 is 20.3 Å². The topological polar surface area (TPSA) is 76.7 Å². The summed E-state index contributed by atoms with van der Waals surface area (Å²) >= 11 is 0. The molecule has 0 aliphatic carbocycles. The van der Waals surface area contributed by atoms with Crippen molar-refractivity contribution in [1.82, 2.24) is 10.9 Å². The average molecular weight is 400 g/mol. The Labute approximate surface area is 165 Å². The van der Waals surface area contributed by atoms with Crippen molar-refractivity contribution in [2.24, 2.45) is 0 Å². The first-order valence-electron chi connectivity index (χ1n) is 8.73. The number of benzene rings is 3. The highest BCUT2D eigenvalue weighted by atomic mass is 19.3. The standard InChI is InChI=1S/C21H18F2N2O4/c1-13(28-18-10-9-14-5-2-3-6-15(14)11-18)19(26)24-25-20(27)16-7-4-8-17(12-16)29-21(22)23/h2-13,21H,1H3,(H,24,26)(H,25,27)/t13-/m1/s1. The van der Waals surface area contributed by atoms with Gasteiger partial charge in [0.15, 0.2) is 6.10 Å². The van der Waals surface area contributed by atoms with E-state index in [4.69, 9.17) is 4.74 Å². The largest absolute Gasteiger partial charge is 0.481 e. The number of fused-ring (bicyclic) bond motifs is 1. The lowest BCUT2D eigenvalue weighted by molar-refractivity contribution is -0.128. The maximum atomic E-state index is 12.3. The van der Waals surface area contributed by atoms with Crippen LogP contribution in [-0.4, -0.2) is 24.5 Å². The molecule has 2 N–H and O–H groups in total. The van der Waals surface area contributed by atoms with Gasteiger partial charge in [-0.1, -0.05) is 36.4 Å². The molecular formula is C21H18F2N2O4. The van der Waals surface area contributed by atoms with Crippen LogP contribution in [0.25, 0.3) is 10.8 Å². The van der Waals surface area contributed by atoms with Crippen molar-refractivity contribution in [3.05, 3.63) is 72.3 Å². The van der Waals surface area contributed by atoms with Gasteiger partial charge in [-0.15, -0.1) is 0 Å². The summed E-state index contributed by atoms with van der Waals surface area (Å²) in [5, 5.41) is 2.01. The van der Waals surface area contributed by atoms with E-state index in [-0.39, 0.29) is 11.3 Å². The molecule has 1 atom stereocenters. The summed E-state index contributed by atoms with van der Waals surface area (Å²) in [6, 6.07) is 18.4. The zero-order valence-corrected chi connectivity index (χ0v) is 15.4. The number of alkyl halides is 2. The van der Waals surface area contributed by atoms with E-state index in [2.05, 4.69) is 15.6 Å². The Morgan fingerprint density at radius 1 is 0.828 bits per heavy atom. The van der Waals surface area contributed by atoms with Gasteiger partial charge < -0.3 is 9.47 Å². The minimum Gasteiger partial charge on any atom is -0.481 e. The van der Waals surface area contributed by atoms with Gasteiger partial charge in [0, 0.05) is 5.56 Å². The Bertz CT molecular complexity index is 1030. The number of amides is 2. The number of carbonyl (C=O) groups excluding carboxylic acids is 2. The van der Waals surface area contributed by atoms with Crippen molar-refractivity contribution in [2.75, 3.05) is 0 Å². The number of carbonyl (C=O) groups is 2. The second kappa shape index (κ2) is 9.01. The van der Waals surface area contributed by atoms with Gasteiger partial charge in [-0.05, 0) is 48.0 Å². The Balaban J connectivity index is 1.56. The van der Waals surface area contributed by atoms with Crippen LogP contribution in [0.2, 0.25) is 0 Å². The number of hydrogen-bond donors (Lipinski definition) is 2. The average Bonchev–Trinajstić information content (AvgIpc) is 2.71. The third-order valence-electron chi connectivity index (χ3n) is 4.02. The molecule has 3 rings (SSSR count). The molecule has 3 aromatic carbocycles. The van der Waals surface area contributed by atoms with Crippen LogP contribution in [0.4, 0.5) is 8.78 Å². The maximum Gasteiger partial charge on any atom is 0.387 e. The van der Waals surface area contributed by atoms with Crippen LogP contribution in [0.15, 0.2) is 66.7 Å². The van der Waals surface area contributed by atoms with Crippen LogP contribution in [-0.2, 0) is 4.79 Å². The number of hydrazine groups is 1. The first-order valence-corrected chi connectivity index (χ1v) is 8.73. The summed E-state index contributed by atoms with van der Waals surface area (Å²) in [7, 11) is 0. The summed E-state index contributed by atoms with van der Waals surface area (Å²) < 4.78 is 34.4. The predicted octanol–water partition coefficient (Wildman–Crippen LogP) is 3.67. The lowest BCUT2D eigenvalue weighted by Gasteiger charge is -2.15. The fourth-order valence-electron chi connectivity index (χ4n) is 2.60. The molecule has 0 saturated carbocycles. The molecule has 29 heavy (non-hydrogen) atoms. The van der Waals surface area contributed by atoms with Gasteiger partial charge in [0.1, 0.15) is 11.5 Å². The van der Waals surface area contributed by atoms with Crippen molar-refractivity contribution in [3.63, 3.8) is 0 Å². The monoisotopic (exact) mass is 400 g/mol. The second-order valence-corrected chi connectivity index (χ2v) is 6.12. The number of ether oxygens (including phenoxy) is 2. The minimum absolute atomic E-state index is 0.0477. The summed E-state index contributed by atoms with van der Waals surface area (Å²) in [6.07, 6.45) is -0.884. The molecule has 0 heterocycles. The lowest BCUT2D eigenvalue weighted by Crippen LogP contribution is -2.47. The van der Waals surface area contributed by atoms with Crippen molar-refractivity contribution >= 4 is 22.6 Å². The van der Waals surface area contributed by atoms with Gasteiger partial charge in [0.25, 0.3) is 11.8 Å². The number of rotatable bonds is 6. The molecule has 0 radical (unpaired) electrons. The molecular weight excluding hydrogens is 382 g/mol. The number of nitrogens with one attached hydrogen (secondary N) is 2. The molecule has 0 saturated heterocycles. The van der Waals surface area contributed by atoms with Crippen LogP contribution in [0.3, 0.4) is 0 Å². The van der Waals surface area contributed by atoms with E-state index in [0.29, 0.717) is 5.75 Å². The van der Waals surface area contributed by atoms with Crippen LogP contribution >= 0.6 is 0 Å². The third kappa shape index (κ3) is 5.41. The van der Waals surface area contributed by atoms with Crippen LogP contribution in [0, 0.1) is 0 Å². The highest BCUT2D eigenvalue weighted by Crippen LogP contribution is 2.21. The zero-order valence-electron chi connectivity index (χ0n) is 15.4. The molecule has 0 fully saturated rings. The number of hydrogen-bond acceptors (Lipinski definition) is 4. The van der Waals surface area contributed by atoms with Gasteiger partial charge in [0.05, 0.1) is 0 Å². The van der Waals surface area contributed by atoms with Crippen LogP contribution in [0.1, 0.15) is 17.3 Å². The minimum atomic E-state index is -3.00. The van der Waals surface area contributed by atoms with Crippen molar-refractivity contribution in [3.8, 4) is 11.5 Å².